The van der Waals surface area contributed by atoms with Gasteiger partial charge in [-0.25, -0.2) is 0 Å². The Bertz CT molecular complexity index is 2530. The molecule has 1 heterocycles. The summed E-state index contributed by atoms with van der Waals surface area (Å²) in [6.07, 6.45) is 5.61. The van der Waals surface area contributed by atoms with Crippen molar-refractivity contribution in [2.45, 2.75) is 6.42 Å². The van der Waals surface area contributed by atoms with Gasteiger partial charge in [0.05, 0.1) is 5.69 Å². The van der Waals surface area contributed by atoms with Crippen LogP contribution in [0.4, 0.5) is 17.1 Å². The van der Waals surface area contributed by atoms with Crippen molar-refractivity contribution in [2.75, 3.05) is 4.90 Å². The minimum Gasteiger partial charge on any atom is -0.310 e. The maximum Gasteiger partial charge on any atom is 0.184 e. The molecule has 0 saturated heterocycles. The van der Waals surface area contributed by atoms with E-state index in [2.05, 4.69) is 193 Å². The number of hydrogen-bond acceptors (Lipinski definition) is 1. The minimum absolute atomic E-state index is 0.905. The lowest BCUT2D eigenvalue weighted by Gasteiger charge is -2.47. The molecule has 49 heavy (non-hydrogen) atoms. The Labute approximate surface area is 288 Å². The molecule has 0 amide bonds. The Morgan fingerprint density at radius 2 is 1.12 bits per heavy atom. The van der Waals surface area contributed by atoms with Gasteiger partial charge in [-0.1, -0.05) is 170 Å². The summed E-state index contributed by atoms with van der Waals surface area (Å²) in [6, 6.07) is 65.9. The fourth-order valence-electron chi connectivity index (χ4n) is 8.71. The molecule has 0 aromatic heterocycles. The van der Waals surface area contributed by atoms with E-state index in [1.807, 2.05) is 0 Å². The standard InChI is InChI=1S/C47H33NSi/c1-4-15-33(16-5-1)36-29-30-43-45(32-36)49(38-22-6-2-7-23-38,39-24-8-3-9-25-39)47-41-27-13-20-35-19-12-21-37(46(35)41)31-44(47)48(43)42-28-14-18-34-17-10-11-26-40(34)42/h1-26,28-32H,27H2. The molecule has 1 nitrogen and oxygen atoms in total. The van der Waals surface area contributed by atoms with Crippen molar-refractivity contribution in [3.8, 4) is 11.1 Å². The summed E-state index contributed by atoms with van der Waals surface area (Å²) in [5.41, 5.74) is 9.03. The van der Waals surface area contributed by atoms with Crippen LogP contribution in [0.2, 0.25) is 0 Å². The largest absolute Gasteiger partial charge is 0.310 e. The molecule has 0 bridgehead atoms. The Balaban J connectivity index is 1.44. The Kier molecular flexibility index (Phi) is 6.33. The first-order chi connectivity index (χ1) is 24.3. The minimum atomic E-state index is -2.93. The Morgan fingerprint density at radius 3 is 1.90 bits per heavy atom. The first-order valence-corrected chi connectivity index (χ1v) is 19.2. The van der Waals surface area contributed by atoms with E-state index in [0.29, 0.717) is 0 Å². The van der Waals surface area contributed by atoms with Crippen LogP contribution in [0.3, 0.4) is 0 Å². The van der Waals surface area contributed by atoms with E-state index < -0.39 is 8.07 Å². The Hall–Kier alpha value is -5.96. The summed E-state index contributed by atoms with van der Waals surface area (Å²) in [4.78, 5) is 2.60. The Morgan fingerprint density at radius 1 is 0.469 bits per heavy atom. The predicted molar refractivity (Wildman–Crippen MR) is 211 cm³/mol. The van der Waals surface area contributed by atoms with Crippen molar-refractivity contribution in [1.82, 2.24) is 0 Å². The van der Waals surface area contributed by atoms with Crippen LogP contribution in [0, 0.1) is 0 Å². The molecule has 10 rings (SSSR count). The van der Waals surface area contributed by atoms with Crippen LogP contribution in [-0.2, 0) is 6.42 Å². The van der Waals surface area contributed by atoms with Crippen LogP contribution in [0.15, 0.2) is 182 Å². The molecule has 0 spiro atoms. The van der Waals surface area contributed by atoms with Gasteiger partial charge >= 0.3 is 0 Å². The summed E-state index contributed by atoms with van der Waals surface area (Å²) in [5.74, 6) is 0. The number of nitrogens with zero attached hydrogens (tertiary/aromatic N) is 1. The third-order valence-electron chi connectivity index (χ3n) is 10.7. The highest BCUT2D eigenvalue weighted by Crippen LogP contribution is 2.45. The zero-order valence-corrected chi connectivity index (χ0v) is 28.1. The highest BCUT2D eigenvalue weighted by atomic mass is 28.3. The quantitative estimate of drug-likeness (QED) is 0.174. The second-order valence-electron chi connectivity index (χ2n) is 13.2. The second-order valence-corrected chi connectivity index (χ2v) is 16.9. The highest BCUT2D eigenvalue weighted by molar-refractivity contribution is 7.21. The summed E-state index contributed by atoms with van der Waals surface area (Å²) in [7, 11) is -2.93. The lowest BCUT2D eigenvalue weighted by Crippen LogP contribution is -2.78. The molecule has 2 heteroatoms. The SMILES string of the molecule is C1=Cc2cccc3cc4c(c(c23)C1)[Si](c1ccccc1)(c1ccccc1)c1cc(-c2ccccc2)ccc1N4c1cccc2ccccc12. The maximum absolute atomic E-state index is 2.93. The van der Waals surface area contributed by atoms with E-state index in [1.165, 1.54) is 81.6 Å². The van der Waals surface area contributed by atoms with Crippen molar-refractivity contribution in [2.24, 2.45) is 0 Å². The molecule has 0 radical (unpaired) electrons. The average Bonchev–Trinajstić information content (AvgIpc) is 3.18. The lowest BCUT2D eigenvalue weighted by molar-refractivity contribution is 1.26. The number of rotatable bonds is 4. The summed E-state index contributed by atoms with van der Waals surface area (Å²) in [5, 5.41) is 10.9. The van der Waals surface area contributed by atoms with Gasteiger partial charge in [-0.15, -0.1) is 0 Å². The van der Waals surface area contributed by atoms with Crippen molar-refractivity contribution >= 4 is 73.5 Å². The van der Waals surface area contributed by atoms with Gasteiger partial charge in [-0.3, -0.25) is 0 Å². The average molecular weight is 640 g/mol. The van der Waals surface area contributed by atoms with E-state index in [-0.39, 0.29) is 0 Å². The number of hydrogen-bond donors (Lipinski definition) is 0. The first kappa shape index (κ1) is 28.1. The molecule has 0 fully saturated rings. The maximum atomic E-state index is 2.60. The van der Waals surface area contributed by atoms with Crippen molar-refractivity contribution < 1.29 is 0 Å². The van der Waals surface area contributed by atoms with Gasteiger partial charge in [0.15, 0.2) is 8.07 Å². The molecule has 8 aromatic rings. The third-order valence-corrected chi connectivity index (χ3v) is 15.6. The molecule has 0 unspecified atom stereocenters. The van der Waals surface area contributed by atoms with E-state index in [4.69, 9.17) is 0 Å². The van der Waals surface area contributed by atoms with E-state index in [1.54, 1.807) is 0 Å². The molecule has 0 saturated carbocycles. The van der Waals surface area contributed by atoms with Crippen LogP contribution in [0.5, 0.6) is 0 Å². The van der Waals surface area contributed by atoms with Crippen LogP contribution < -0.4 is 25.6 Å². The number of fused-ring (bicyclic) bond motifs is 4. The molecular formula is C47H33NSi. The zero-order valence-electron chi connectivity index (χ0n) is 27.1. The molecule has 8 aromatic carbocycles. The number of allylic oxidation sites excluding steroid dienone is 1. The fourth-order valence-corrected chi connectivity index (χ4v) is 14.1. The monoisotopic (exact) mass is 639 g/mol. The molecular weight excluding hydrogens is 607 g/mol. The van der Waals surface area contributed by atoms with Gasteiger partial charge in [0.25, 0.3) is 0 Å². The normalized spacial score (nSPS) is 14.1. The van der Waals surface area contributed by atoms with Crippen molar-refractivity contribution in [3.63, 3.8) is 0 Å². The van der Waals surface area contributed by atoms with E-state index in [9.17, 15) is 0 Å². The van der Waals surface area contributed by atoms with Gasteiger partial charge in [-0.05, 0) is 83.8 Å². The topological polar surface area (TPSA) is 3.24 Å². The van der Waals surface area contributed by atoms with Crippen LogP contribution in [0.25, 0.3) is 38.7 Å². The van der Waals surface area contributed by atoms with Gasteiger partial charge in [0.2, 0.25) is 0 Å². The van der Waals surface area contributed by atoms with E-state index >= 15 is 0 Å². The van der Waals surface area contributed by atoms with Crippen molar-refractivity contribution in [3.05, 3.63) is 193 Å². The smallest absolute Gasteiger partial charge is 0.184 e. The lowest BCUT2D eigenvalue weighted by atomic mass is 9.91. The molecule has 1 aliphatic heterocycles. The first-order valence-electron chi connectivity index (χ1n) is 17.2. The van der Waals surface area contributed by atoms with E-state index in [0.717, 1.165) is 6.42 Å². The number of anilines is 3. The van der Waals surface area contributed by atoms with Crippen LogP contribution in [-0.4, -0.2) is 8.07 Å². The number of benzene rings is 8. The van der Waals surface area contributed by atoms with Gasteiger partial charge in [-0.2, -0.15) is 0 Å². The molecule has 2 aliphatic rings. The van der Waals surface area contributed by atoms with Crippen LogP contribution in [0.1, 0.15) is 11.1 Å². The summed E-state index contributed by atoms with van der Waals surface area (Å²) in [6.45, 7) is 0. The van der Waals surface area contributed by atoms with Gasteiger partial charge in [0.1, 0.15) is 0 Å². The third kappa shape index (κ3) is 4.11. The fraction of sp³-hybridized carbons (Fsp3) is 0.0213. The summed E-state index contributed by atoms with van der Waals surface area (Å²) < 4.78 is 0. The zero-order chi connectivity index (χ0) is 32.4. The van der Waals surface area contributed by atoms with Crippen molar-refractivity contribution in [1.29, 1.82) is 0 Å². The highest BCUT2D eigenvalue weighted by Gasteiger charge is 2.51. The molecule has 0 atom stereocenters. The van der Waals surface area contributed by atoms with Gasteiger partial charge < -0.3 is 4.90 Å². The molecule has 230 valence electrons. The molecule has 0 N–H and O–H groups in total. The predicted octanol–water partition coefficient (Wildman–Crippen LogP) is 9.39. The molecule has 1 aliphatic carbocycles. The van der Waals surface area contributed by atoms with Gasteiger partial charge in [0, 0.05) is 16.8 Å². The summed E-state index contributed by atoms with van der Waals surface area (Å²) >= 11 is 0. The van der Waals surface area contributed by atoms with Crippen LogP contribution >= 0.6 is 0 Å². The second kappa shape index (κ2) is 11.1.